The third-order valence-electron chi connectivity index (χ3n) is 5.00. The zero-order valence-corrected chi connectivity index (χ0v) is 13.8. The number of carboxylic acid groups (broad SMARTS) is 1. The van der Waals surface area contributed by atoms with Crippen LogP contribution in [0.4, 0.5) is 11.4 Å². The molecule has 2 aliphatic rings. The van der Waals surface area contributed by atoms with Gasteiger partial charge in [0.15, 0.2) is 0 Å². The van der Waals surface area contributed by atoms with Gasteiger partial charge in [0.05, 0.1) is 10.8 Å². The number of hydrogen-bond donors (Lipinski definition) is 2. The van der Waals surface area contributed by atoms with Gasteiger partial charge in [0.2, 0.25) is 0 Å². The molecule has 0 spiro atoms. The van der Waals surface area contributed by atoms with Crippen molar-refractivity contribution < 1.29 is 19.6 Å². The Balaban J connectivity index is 1.73. The number of nitro benzene ring substituents is 1. The lowest BCUT2D eigenvalue weighted by Crippen LogP contribution is -2.33. The number of aliphatic carboxylic acids is 1. The second-order valence-corrected chi connectivity index (χ2v) is 6.67. The molecular weight excluding hydrogens is 326 g/mol. The standard InChI is InChI=1S/C17H21N3O5/c21-16(18-13-5-3-12(9-13)17(22)23)11-4-6-14(15(10-11)20(24)25)19-7-1-2-8-19/h4,6,10,12-13H,1-3,5,7-9H2,(H,18,21)(H,22,23)/t12-,13+/m0/s1. The van der Waals surface area contributed by atoms with Gasteiger partial charge in [-0.05, 0) is 44.2 Å². The van der Waals surface area contributed by atoms with Crippen LogP contribution in [0.25, 0.3) is 0 Å². The molecule has 134 valence electrons. The fraction of sp³-hybridized carbons (Fsp3) is 0.529. The lowest BCUT2D eigenvalue weighted by atomic mass is 10.1. The van der Waals surface area contributed by atoms with Crippen LogP contribution in [0.2, 0.25) is 0 Å². The van der Waals surface area contributed by atoms with Crippen molar-refractivity contribution in [1.29, 1.82) is 0 Å². The van der Waals surface area contributed by atoms with Crippen molar-refractivity contribution in [3.8, 4) is 0 Å². The number of carboxylic acids is 1. The Morgan fingerprint density at radius 1 is 1.24 bits per heavy atom. The molecule has 1 saturated heterocycles. The van der Waals surface area contributed by atoms with Crippen LogP contribution in [0.1, 0.15) is 42.5 Å². The smallest absolute Gasteiger partial charge is 0.306 e. The second-order valence-electron chi connectivity index (χ2n) is 6.67. The van der Waals surface area contributed by atoms with Crippen molar-refractivity contribution in [2.75, 3.05) is 18.0 Å². The van der Waals surface area contributed by atoms with Crippen LogP contribution < -0.4 is 10.2 Å². The summed E-state index contributed by atoms with van der Waals surface area (Å²) in [6.45, 7) is 1.57. The van der Waals surface area contributed by atoms with Gasteiger partial charge in [0.1, 0.15) is 5.69 Å². The van der Waals surface area contributed by atoms with E-state index in [1.54, 1.807) is 12.1 Å². The summed E-state index contributed by atoms with van der Waals surface area (Å²) in [7, 11) is 0. The largest absolute Gasteiger partial charge is 0.481 e. The fourth-order valence-electron chi connectivity index (χ4n) is 3.64. The lowest BCUT2D eigenvalue weighted by molar-refractivity contribution is -0.384. The Bertz CT molecular complexity index is 700. The topological polar surface area (TPSA) is 113 Å². The predicted octanol–water partition coefficient (Wildman–Crippen LogP) is 2.18. The predicted molar refractivity (Wildman–Crippen MR) is 90.8 cm³/mol. The van der Waals surface area contributed by atoms with Crippen LogP contribution in [0.5, 0.6) is 0 Å². The maximum atomic E-state index is 12.4. The summed E-state index contributed by atoms with van der Waals surface area (Å²) in [5.41, 5.74) is 0.712. The fourth-order valence-corrected chi connectivity index (χ4v) is 3.64. The average molecular weight is 347 g/mol. The van der Waals surface area contributed by atoms with Crippen molar-refractivity contribution in [1.82, 2.24) is 5.32 Å². The number of amides is 1. The number of nitrogens with zero attached hydrogens (tertiary/aromatic N) is 2. The Hall–Kier alpha value is -2.64. The normalized spacial score (nSPS) is 22.8. The molecule has 1 aliphatic heterocycles. The summed E-state index contributed by atoms with van der Waals surface area (Å²) >= 11 is 0. The number of nitro groups is 1. The highest BCUT2D eigenvalue weighted by Crippen LogP contribution is 2.32. The lowest BCUT2D eigenvalue weighted by Gasteiger charge is -2.18. The average Bonchev–Trinajstić information content (AvgIpc) is 3.26. The van der Waals surface area contributed by atoms with E-state index in [1.807, 2.05) is 4.90 Å². The highest BCUT2D eigenvalue weighted by Gasteiger charge is 2.31. The van der Waals surface area contributed by atoms with E-state index in [0.717, 1.165) is 25.9 Å². The first-order valence-corrected chi connectivity index (χ1v) is 8.53. The van der Waals surface area contributed by atoms with Crippen LogP contribution in [0.15, 0.2) is 18.2 Å². The van der Waals surface area contributed by atoms with E-state index in [0.29, 0.717) is 24.9 Å². The molecular formula is C17H21N3O5. The van der Waals surface area contributed by atoms with Crippen molar-refractivity contribution >= 4 is 23.3 Å². The molecule has 25 heavy (non-hydrogen) atoms. The Labute approximate surface area is 145 Å². The zero-order chi connectivity index (χ0) is 18.0. The van der Waals surface area contributed by atoms with Gasteiger partial charge in [-0.1, -0.05) is 0 Å². The molecule has 2 N–H and O–H groups in total. The van der Waals surface area contributed by atoms with Crippen LogP contribution in [-0.4, -0.2) is 41.0 Å². The van der Waals surface area contributed by atoms with Crippen LogP contribution in [-0.2, 0) is 4.79 Å². The van der Waals surface area contributed by atoms with Crippen LogP contribution in [0, 0.1) is 16.0 Å². The minimum Gasteiger partial charge on any atom is -0.481 e. The highest BCUT2D eigenvalue weighted by molar-refractivity contribution is 5.96. The van der Waals surface area contributed by atoms with E-state index in [4.69, 9.17) is 5.11 Å². The zero-order valence-electron chi connectivity index (χ0n) is 13.8. The van der Waals surface area contributed by atoms with E-state index < -0.39 is 22.7 Å². The monoisotopic (exact) mass is 347 g/mol. The summed E-state index contributed by atoms with van der Waals surface area (Å²) in [5.74, 6) is -1.67. The Morgan fingerprint density at radius 2 is 1.96 bits per heavy atom. The second kappa shape index (κ2) is 7.08. The van der Waals surface area contributed by atoms with E-state index in [-0.39, 0.29) is 17.3 Å². The summed E-state index contributed by atoms with van der Waals surface area (Å²) < 4.78 is 0. The van der Waals surface area contributed by atoms with E-state index >= 15 is 0 Å². The number of anilines is 1. The third kappa shape index (κ3) is 3.72. The van der Waals surface area contributed by atoms with Crippen LogP contribution >= 0.6 is 0 Å². The molecule has 8 nitrogen and oxygen atoms in total. The Morgan fingerprint density at radius 3 is 2.56 bits per heavy atom. The molecule has 1 aromatic rings. The number of carbonyl (C=O) groups excluding carboxylic acids is 1. The summed E-state index contributed by atoms with van der Waals surface area (Å²) in [4.78, 5) is 36.3. The number of carbonyl (C=O) groups is 2. The van der Waals surface area contributed by atoms with Gasteiger partial charge >= 0.3 is 5.97 Å². The molecule has 1 aromatic carbocycles. The number of hydrogen-bond acceptors (Lipinski definition) is 5. The molecule has 3 rings (SSSR count). The van der Waals surface area contributed by atoms with Crippen molar-refractivity contribution in [3.63, 3.8) is 0 Å². The molecule has 0 aromatic heterocycles. The van der Waals surface area contributed by atoms with Crippen molar-refractivity contribution in [2.45, 2.75) is 38.1 Å². The summed E-state index contributed by atoms with van der Waals surface area (Å²) in [5, 5.41) is 23.2. The molecule has 2 fully saturated rings. The minimum absolute atomic E-state index is 0.0654. The number of benzene rings is 1. The maximum absolute atomic E-state index is 12.4. The van der Waals surface area contributed by atoms with Crippen LogP contribution in [0.3, 0.4) is 0 Å². The highest BCUT2D eigenvalue weighted by atomic mass is 16.6. The van der Waals surface area contributed by atoms with E-state index in [1.165, 1.54) is 6.07 Å². The Kier molecular flexibility index (Phi) is 4.87. The number of rotatable bonds is 5. The van der Waals surface area contributed by atoms with Gasteiger partial charge < -0.3 is 15.3 Å². The first-order valence-electron chi connectivity index (χ1n) is 8.53. The van der Waals surface area contributed by atoms with Gasteiger partial charge in [0, 0.05) is 30.8 Å². The van der Waals surface area contributed by atoms with Crippen molar-refractivity contribution in [3.05, 3.63) is 33.9 Å². The molecule has 1 saturated carbocycles. The molecule has 0 radical (unpaired) electrons. The molecule has 1 aliphatic carbocycles. The van der Waals surface area contributed by atoms with Gasteiger partial charge in [0.25, 0.3) is 11.6 Å². The molecule has 8 heteroatoms. The van der Waals surface area contributed by atoms with E-state index in [9.17, 15) is 19.7 Å². The summed E-state index contributed by atoms with van der Waals surface area (Å²) in [6, 6.07) is 4.34. The first-order chi connectivity index (χ1) is 12.0. The van der Waals surface area contributed by atoms with Gasteiger partial charge in [-0.3, -0.25) is 19.7 Å². The first kappa shape index (κ1) is 17.2. The van der Waals surface area contributed by atoms with E-state index in [2.05, 4.69) is 5.32 Å². The third-order valence-corrected chi connectivity index (χ3v) is 5.00. The van der Waals surface area contributed by atoms with Crippen molar-refractivity contribution in [2.24, 2.45) is 5.92 Å². The minimum atomic E-state index is -0.845. The maximum Gasteiger partial charge on any atom is 0.306 e. The summed E-state index contributed by atoms with van der Waals surface area (Å²) in [6.07, 6.45) is 3.55. The number of nitrogens with one attached hydrogen (secondary N) is 1. The molecule has 1 heterocycles. The van der Waals surface area contributed by atoms with Gasteiger partial charge in [-0.25, -0.2) is 0 Å². The SMILES string of the molecule is O=C(N[C@@H]1CC[C@H](C(=O)O)C1)c1ccc(N2CCCC2)c([N+](=O)[O-])c1. The molecule has 0 unspecified atom stereocenters. The molecule has 2 atom stereocenters. The van der Waals surface area contributed by atoms with Gasteiger partial charge in [-0.2, -0.15) is 0 Å². The molecule has 0 bridgehead atoms. The molecule has 1 amide bonds. The quantitative estimate of drug-likeness (QED) is 0.623. The van der Waals surface area contributed by atoms with Gasteiger partial charge in [-0.15, -0.1) is 0 Å².